The lowest BCUT2D eigenvalue weighted by atomic mass is 10.1. The minimum absolute atomic E-state index is 0.0358. The van der Waals surface area contributed by atoms with Gasteiger partial charge in [-0.2, -0.15) is 0 Å². The molecule has 1 saturated heterocycles. The number of hydrogen-bond donors (Lipinski definition) is 1. The fourth-order valence-corrected chi connectivity index (χ4v) is 3.18. The van der Waals surface area contributed by atoms with Crippen molar-refractivity contribution in [1.82, 2.24) is 15.1 Å². The molecule has 3 rings (SSSR count). The molecule has 3 amide bonds. The van der Waals surface area contributed by atoms with E-state index in [4.69, 9.17) is 0 Å². The fraction of sp³-hybridized carbons (Fsp3) is 0.471. The van der Waals surface area contributed by atoms with Gasteiger partial charge in [0.25, 0.3) is 11.8 Å². The number of rotatable bonds is 2. The number of imide groups is 1. The number of carbonyl (C=O) groups excluding carboxylic acids is 3. The summed E-state index contributed by atoms with van der Waals surface area (Å²) in [4.78, 5) is 40.2. The van der Waals surface area contributed by atoms with Gasteiger partial charge in [0.2, 0.25) is 5.91 Å². The number of amides is 3. The van der Waals surface area contributed by atoms with E-state index >= 15 is 0 Å². The molecule has 6 nitrogen and oxygen atoms in total. The zero-order chi connectivity index (χ0) is 16.7. The number of carbonyl (C=O) groups is 3. The van der Waals surface area contributed by atoms with Crippen molar-refractivity contribution < 1.29 is 14.4 Å². The van der Waals surface area contributed by atoms with Crippen molar-refractivity contribution in [3.8, 4) is 0 Å². The topological polar surface area (TPSA) is 69.7 Å². The third kappa shape index (κ3) is 2.63. The van der Waals surface area contributed by atoms with Crippen LogP contribution in [0.3, 0.4) is 0 Å². The van der Waals surface area contributed by atoms with Crippen LogP contribution in [0, 0.1) is 6.92 Å². The Hall–Kier alpha value is -2.21. The summed E-state index contributed by atoms with van der Waals surface area (Å²) in [6.07, 6.45) is 0. The molecule has 2 heterocycles. The molecule has 0 saturated carbocycles. The first-order valence-corrected chi connectivity index (χ1v) is 7.90. The molecule has 2 aliphatic heterocycles. The molecule has 2 atom stereocenters. The van der Waals surface area contributed by atoms with Crippen molar-refractivity contribution >= 4 is 17.7 Å². The van der Waals surface area contributed by atoms with Crippen LogP contribution in [-0.2, 0) is 4.79 Å². The van der Waals surface area contributed by atoms with Crippen LogP contribution in [-0.4, -0.2) is 59.2 Å². The predicted octanol–water partition coefficient (Wildman–Crippen LogP) is 0.800. The SMILES string of the molecule is Cc1ccc2c(c1)C(=O)N(CC(=O)N1CCNC(C)C1C)C2=O. The highest BCUT2D eigenvalue weighted by Gasteiger charge is 2.38. The van der Waals surface area contributed by atoms with Gasteiger partial charge < -0.3 is 10.2 Å². The molecule has 1 N–H and O–H groups in total. The molecular weight excluding hydrogens is 294 g/mol. The minimum Gasteiger partial charge on any atom is -0.336 e. The Morgan fingerprint density at radius 3 is 2.65 bits per heavy atom. The van der Waals surface area contributed by atoms with Crippen LogP contribution in [0.2, 0.25) is 0 Å². The normalized spacial score (nSPS) is 24.1. The van der Waals surface area contributed by atoms with Gasteiger partial charge in [0.1, 0.15) is 6.54 Å². The van der Waals surface area contributed by atoms with Crippen molar-refractivity contribution in [3.05, 3.63) is 34.9 Å². The minimum atomic E-state index is -0.380. The van der Waals surface area contributed by atoms with E-state index in [9.17, 15) is 14.4 Å². The van der Waals surface area contributed by atoms with E-state index in [0.717, 1.165) is 17.0 Å². The van der Waals surface area contributed by atoms with Crippen LogP contribution < -0.4 is 5.32 Å². The second kappa shape index (κ2) is 5.77. The van der Waals surface area contributed by atoms with E-state index in [1.165, 1.54) is 0 Å². The van der Waals surface area contributed by atoms with Crippen LogP contribution in [0.25, 0.3) is 0 Å². The van der Waals surface area contributed by atoms with Gasteiger partial charge in [0.05, 0.1) is 11.1 Å². The lowest BCUT2D eigenvalue weighted by Crippen LogP contribution is -2.59. The molecule has 0 bridgehead atoms. The number of hydrogen-bond acceptors (Lipinski definition) is 4. The molecule has 0 aromatic heterocycles. The molecule has 1 aromatic carbocycles. The average Bonchev–Trinajstić information content (AvgIpc) is 2.74. The second-order valence-electron chi connectivity index (χ2n) is 6.32. The highest BCUT2D eigenvalue weighted by Crippen LogP contribution is 2.24. The Kier molecular flexibility index (Phi) is 3.93. The average molecular weight is 315 g/mol. The van der Waals surface area contributed by atoms with Crippen LogP contribution in [0.15, 0.2) is 18.2 Å². The molecule has 0 spiro atoms. The largest absolute Gasteiger partial charge is 0.336 e. The smallest absolute Gasteiger partial charge is 0.262 e. The summed E-state index contributed by atoms with van der Waals surface area (Å²) in [5.74, 6) is -0.941. The van der Waals surface area contributed by atoms with Gasteiger partial charge >= 0.3 is 0 Å². The van der Waals surface area contributed by atoms with Crippen LogP contribution >= 0.6 is 0 Å². The van der Waals surface area contributed by atoms with Gasteiger partial charge in [-0.3, -0.25) is 19.3 Å². The summed E-state index contributed by atoms with van der Waals surface area (Å²) in [6, 6.07) is 5.39. The first-order valence-electron chi connectivity index (χ1n) is 7.90. The second-order valence-corrected chi connectivity index (χ2v) is 6.32. The molecule has 122 valence electrons. The van der Waals surface area contributed by atoms with Gasteiger partial charge in [-0.1, -0.05) is 11.6 Å². The zero-order valence-electron chi connectivity index (χ0n) is 13.6. The molecule has 23 heavy (non-hydrogen) atoms. The summed E-state index contributed by atoms with van der Waals surface area (Å²) in [5.41, 5.74) is 1.70. The Balaban J connectivity index is 1.77. The highest BCUT2D eigenvalue weighted by atomic mass is 16.2. The molecule has 6 heteroatoms. The fourth-order valence-electron chi connectivity index (χ4n) is 3.18. The van der Waals surface area contributed by atoms with Gasteiger partial charge in [-0.15, -0.1) is 0 Å². The highest BCUT2D eigenvalue weighted by molar-refractivity contribution is 6.22. The molecule has 2 aliphatic rings. The lowest BCUT2D eigenvalue weighted by molar-refractivity contribution is -0.135. The predicted molar refractivity (Wildman–Crippen MR) is 85.2 cm³/mol. The summed E-state index contributed by atoms with van der Waals surface area (Å²) < 4.78 is 0. The third-order valence-corrected chi connectivity index (χ3v) is 4.77. The van der Waals surface area contributed by atoms with E-state index < -0.39 is 0 Å². The molecule has 1 aromatic rings. The van der Waals surface area contributed by atoms with E-state index in [0.29, 0.717) is 17.7 Å². The molecule has 2 unspecified atom stereocenters. The third-order valence-electron chi connectivity index (χ3n) is 4.77. The maximum Gasteiger partial charge on any atom is 0.262 e. The van der Waals surface area contributed by atoms with E-state index in [1.807, 2.05) is 20.8 Å². The van der Waals surface area contributed by atoms with Crippen LogP contribution in [0.4, 0.5) is 0 Å². The van der Waals surface area contributed by atoms with Gasteiger partial charge in [-0.05, 0) is 32.9 Å². The van der Waals surface area contributed by atoms with Crippen LogP contribution in [0.5, 0.6) is 0 Å². The Bertz CT molecular complexity index is 686. The standard InChI is InChI=1S/C17H21N3O3/c1-10-4-5-13-14(8-10)17(23)20(16(13)22)9-15(21)19-7-6-18-11(2)12(19)3/h4-5,8,11-12,18H,6-7,9H2,1-3H3. The summed E-state index contributed by atoms with van der Waals surface area (Å²) >= 11 is 0. The van der Waals surface area contributed by atoms with Crippen molar-refractivity contribution in [2.24, 2.45) is 0 Å². The van der Waals surface area contributed by atoms with Crippen molar-refractivity contribution in [2.45, 2.75) is 32.9 Å². The number of nitrogens with zero attached hydrogens (tertiary/aromatic N) is 2. The summed E-state index contributed by atoms with van der Waals surface area (Å²) in [7, 11) is 0. The van der Waals surface area contributed by atoms with E-state index in [1.54, 1.807) is 23.1 Å². The quantitative estimate of drug-likeness (QED) is 0.820. The first kappa shape index (κ1) is 15.7. The Morgan fingerprint density at radius 2 is 1.91 bits per heavy atom. The van der Waals surface area contributed by atoms with Crippen molar-refractivity contribution in [2.75, 3.05) is 19.6 Å². The zero-order valence-corrected chi connectivity index (χ0v) is 13.6. The number of nitrogens with one attached hydrogen (secondary N) is 1. The van der Waals surface area contributed by atoms with Crippen molar-refractivity contribution in [1.29, 1.82) is 0 Å². The number of piperazine rings is 1. The van der Waals surface area contributed by atoms with Gasteiger partial charge in [-0.25, -0.2) is 0 Å². The van der Waals surface area contributed by atoms with E-state index in [2.05, 4.69) is 5.32 Å². The number of benzene rings is 1. The van der Waals surface area contributed by atoms with Crippen molar-refractivity contribution in [3.63, 3.8) is 0 Å². The van der Waals surface area contributed by atoms with Gasteiger partial charge in [0.15, 0.2) is 0 Å². The monoisotopic (exact) mass is 315 g/mol. The molecular formula is C17H21N3O3. The number of aryl methyl sites for hydroxylation is 1. The number of fused-ring (bicyclic) bond motifs is 1. The maximum atomic E-state index is 12.6. The van der Waals surface area contributed by atoms with Crippen LogP contribution in [0.1, 0.15) is 40.1 Å². The Labute approximate surface area is 135 Å². The van der Waals surface area contributed by atoms with Gasteiger partial charge in [0, 0.05) is 25.2 Å². The van der Waals surface area contributed by atoms with E-state index in [-0.39, 0.29) is 36.3 Å². The summed E-state index contributed by atoms with van der Waals surface area (Å²) in [6.45, 7) is 6.98. The maximum absolute atomic E-state index is 12.6. The lowest BCUT2D eigenvalue weighted by Gasteiger charge is -2.39. The molecule has 1 fully saturated rings. The first-order chi connectivity index (χ1) is 10.9. The summed E-state index contributed by atoms with van der Waals surface area (Å²) in [5, 5.41) is 3.31. The molecule has 0 radical (unpaired) electrons. The Morgan fingerprint density at radius 1 is 1.22 bits per heavy atom. The molecule has 0 aliphatic carbocycles.